The van der Waals surface area contributed by atoms with E-state index in [0.717, 1.165) is 8.59 Å². The van der Waals surface area contributed by atoms with Gasteiger partial charge in [0, 0.05) is 14.3 Å². The van der Waals surface area contributed by atoms with Gasteiger partial charge in [-0.25, -0.2) is 0 Å². The molecule has 0 amide bonds. The molecule has 0 nitrogen and oxygen atoms in total. The lowest BCUT2D eigenvalue weighted by atomic mass is 10.2. The van der Waals surface area contributed by atoms with Crippen LogP contribution in [0.2, 0.25) is 5.02 Å². The summed E-state index contributed by atoms with van der Waals surface area (Å²) < 4.78 is 4.99. The van der Waals surface area contributed by atoms with E-state index in [1.165, 1.54) is 16.3 Å². The summed E-state index contributed by atoms with van der Waals surface area (Å²) in [6, 6.07) is 0. The minimum Gasteiger partial charge on any atom is -0.0828 e. The molecule has 0 spiro atoms. The Hall–Kier alpha value is 2.43. The molecule has 0 saturated carbocycles. The number of hydrogen-bond acceptors (Lipinski definition) is 0. The Bertz CT molecular complexity index is 230. The van der Waals surface area contributed by atoms with Crippen LogP contribution in [0.3, 0.4) is 0 Å². The molecule has 0 N–H and O–H groups in total. The summed E-state index contributed by atoms with van der Waals surface area (Å²) in [6.45, 7) is 2.06. The highest BCUT2D eigenvalue weighted by Gasteiger charge is 2.13. The van der Waals surface area contributed by atoms with E-state index in [1.807, 2.05) is 0 Å². The molecule has 0 aliphatic carbocycles. The van der Waals surface area contributed by atoms with Gasteiger partial charge in [-0.1, -0.05) is 11.6 Å². The second kappa shape index (κ2) is 4.97. The third kappa shape index (κ3) is 2.32. The Morgan fingerprint density at radius 3 is 1.75 bits per heavy atom. The first-order valence-electron chi connectivity index (χ1n) is 2.94. The second-order valence-corrected chi connectivity index (χ2v) is 6.89. The van der Waals surface area contributed by atoms with Gasteiger partial charge in [-0.15, -0.1) is 0 Å². The fourth-order valence-electron chi connectivity index (χ4n) is 0.715. The maximum absolute atomic E-state index is 6.14. The summed E-state index contributed by atoms with van der Waals surface area (Å²) in [4.78, 5) is 0. The molecule has 0 saturated heterocycles. The number of halogens is 5. The van der Waals surface area contributed by atoms with Gasteiger partial charge in [-0.05, 0) is 103 Å². The molecule has 0 bridgehead atoms. The van der Waals surface area contributed by atoms with E-state index < -0.39 is 0 Å². The summed E-state index contributed by atoms with van der Waals surface area (Å²) in [5.74, 6) is 0. The highest BCUT2D eigenvalue weighted by Crippen LogP contribution is 2.34. The molecule has 5 heteroatoms. The fourth-order valence-corrected chi connectivity index (χ4v) is 4.68. The van der Waals surface area contributed by atoms with E-state index in [1.54, 1.807) is 0 Å². The average molecular weight is 630 g/mol. The van der Waals surface area contributed by atoms with Crippen molar-refractivity contribution < 1.29 is 0 Å². The van der Waals surface area contributed by atoms with Crippen LogP contribution in [0.5, 0.6) is 0 Å². The third-order valence-corrected chi connectivity index (χ3v) is 9.90. The monoisotopic (exact) mass is 630 g/mol. The number of hydrogen-bond donors (Lipinski definition) is 0. The highest BCUT2D eigenvalue weighted by atomic mass is 127. The first kappa shape index (κ1) is 12.5. The Balaban J connectivity index is 3.60. The van der Waals surface area contributed by atoms with Gasteiger partial charge >= 0.3 is 0 Å². The van der Waals surface area contributed by atoms with Gasteiger partial charge in [0.15, 0.2) is 0 Å². The van der Waals surface area contributed by atoms with Crippen LogP contribution in [0.4, 0.5) is 0 Å². The van der Waals surface area contributed by atoms with Gasteiger partial charge in [0.2, 0.25) is 0 Å². The van der Waals surface area contributed by atoms with E-state index in [0.29, 0.717) is 0 Å². The number of benzene rings is 1. The molecule has 0 aliphatic heterocycles. The van der Waals surface area contributed by atoms with Gasteiger partial charge in [0.25, 0.3) is 0 Å². The molecule has 0 heterocycles. The van der Waals surface area contributed by atoms with E-state index in [9.17, 15) is 0 Å². The molecular formula is C7H3ClI4. The lowest BCUT2D eigenvalue weighted by molar-refractivity contribution is 1.35. The lowest BCUT2D eigenvalue weighted by Gasteiger charge is -2.09. The van der Waals surface area contributed by atoms with Gasteiger partial charge in [-0.2, -0.15) is 0 Å². The van der Waals surface area contributed by atoms with Gasteiger partial charge in [0.05, 0.1) is 5.02 Å². The zero-order chi connectivity index (χ0) is 9.46. The summed E-state index contributed by atoms with van der Waals surface area (Å²) in [5.41, 5.74) is 1.19. The van der Waals surface area contributed by atoms with Crippen molar-refractivity contribution in [3.63, 3.8) is 0 Å². The molecule has 0 aliphatic rings. The van der Waals surface area contributed by atoms with Crippen molar-refractivity contribution in [2.24, 2.45) is 0 Å². The lowest BCUT2D eigenvalue weighted by Crippen LogP contribution is -1.95. The highest BCUT2D eigenvalue weighted by molar-refractivity contribution is 14.1. The quantitative estimate of drug-likeness (QED) is 0.214. The summed E-state index contributed by atoms with van der Waals surface area (Å²) in [7, 11) is 0. The predicted octanol–water partition coefficient (Wildman–Crippen LogP) is 5.07. The van der Waals surface area contributed by atoms with Crippen molar-refractivity contribution in [1.29, 1.82) is 0 Å². The first-order valence-corrected chi connectivity index (χ1v) is 7.64. The van der Waals surface area contributed by atoms with Crippen LogP contribution in [0.15, 0.2) is 0 Å². The smallest absolute Gasteiger partial charge is 0.0590 e. The standard InChI is InChI=1S/C7H3ClI4/c1-2-3(8)5(10)7(12)6(11)4(2)9/h1H3. The van der Waals surface area contributed by atoms with E-state index in [4.69, 9.17) is 11.6 Å². The SMILES string of the molecule is Cc1c(Cl)c(I)c(I)c(I)c1I. The van der Waals surface area contributed by atoms with E-state index in [2.05, 4.69) is 97.3 Å². The van der Waals surface area contributed by atoms with Gasteiger partial charge < -0.3 is 0 Å². The number of rotatable bonds is 0. The van der Waals surface area contributed by atoms with E-state index >= 15 is 0 Å². The van der Waals surface area contributed by atoms with Crippen LogP contribution in [0.1, 0.15) is 5.56 Å². The van der Waals surface area contributed by atoms with Crippen molar-refractivity contribution in [1.82, 2.24) is 0 Å². The largest absolute Gasteiger partial charge is 0.0828 e. The van der Waals surface area contributed by atoms with Gasteiger partial charge in [0.1, 0.15) is 0 Å². The molecule has 0 fully saturated rings. The third-order valence-electron chi connectivity index (χ3n) is 1.43. The molecule has 1 rings (SSSR count). The van der Waals surface area contributed by atoms with Gasteiger partial charge in [-0.3, -0.25) is 0 Å². The zero-order valence-electron chi connectivity index (χ0n) is 5.89. The Labute approximate surface area is 131 Å². The van der Waals surface area contributed by atoms with Crippen LogP contribution in [-0.2, 0) is 0 Å². The minimum atomic E-state index is 0.893. The van der Waals surface area contributed by atoms with Crippen molar-refractivity contribution >= 4 is 102 Å². The summed E-state index contributed by atoms with van der Waals surface area (Å²) in [6.07, 6.45) is 0. The summed E-state index contributed by atoms with van der Waals surface area (Å²) in [5, 5.41) is 0.893. The Kier molecular flexibility index (Phi) is 5.18. The maximum Gasteiger partial charge on any atom is 0.0590 e. The molecule has 0 atom stereocenters. The molecule has 0 unspecified atom stereocenters. The normalized spacial score (nSPS) is 10.5. The van der Waals surface area contributed by atoms with Crippen LogP contribution in [-0.4, -0.2) is 0 Å². The van der Waals surface area contributed by atoms with Crippen molar-refractivity contribution in [2.45, 2.75) is 6.92 Å². The van der Waals surface area contributed by atoms with Crippen LogP contribution in [0.25, 0.3) is 0 Å². The topological polar surface area (TPSA) is 0 Å². The first-order chi connectivity index (χ1) is 5.46. The van der Waals surface area contributed by atoms with Crippen molar-refractivity contribution in [3.05, 3.63) is 24.9 Å². The molecule has 1 aromatic rings. The molecule has 66 valence electrons. The maximum atomic E-state index is 6.14. The fraction of sp³-hybridized carbons (Fsp3) is 0.143. The van der Waals surface area contributed by atoms with Crippen molar-refractivity contribution in [3.8, 4) is 0 Å². The Morgan fingerprint density at radius 2 is 1.25 bits per heavy atom. The van der Waals surface area contributed by atoms with Crippen LogP contribution in [0, 0.1) is 21.2 Å². The molecule has 1 aromatic carbocycles. The van der Waals surface area contributed by atoms with Crippen LogP contribution >= 0.6 is 102 Å². The Morgan fingerprint density at radius 1 is 0.833 bits per heavy atom. The second-order valence-electron chi connectivity index (χ2n) is 2.19. The summed E-state index contributed by atoms with van der Waals surface area (Å²) >= 11 is 15.5. The molecular weight excluding hydrogens is 627 g/mol. The zero-order valence-corrected chi connectivity index (χ0v) is 15.3. The predicted molar refractivity (Wildman–Crippen MR) is 87.1 cm³/mol. The molecule has 0 aromatic heterocycles. The molecule has 0 radical (unpaired) electrons. The van der Waals surface area contributed by atoms with Crippen molar-refractivity contribution in [2.75, 3.05) is 0 Å². The average Bonchev–Trinajstić information content (AvgIpc) is 2.08. The van der Waals surface area contributed by atoms with E-state index in [-0.39, 0.29) is 0 Å². The minimum absolute atomic E-state index is 0.893. The van der Waals surface area contributed by atoms with Crippen LogP contribution < -0.4 is 0 Å². The molecule has 12 heavy (non-hydrogen) atoms.